The third kappa shape index (κ3) is 2.99. The lowest BCUT2D eigenvalue weighted by Crippen LogP contribution is -2.41. The summed E-state index contributed by atoms with van der Waals surface area (Å²) in [6.07, 6.45) is 0.166. The van der Waals surface area contributed by atoms with E-state index in [1.165, 1.54) is 0 Å². The van der Waals surface area contributed by atoms with E-state index in [9.17, 15) is 14.6 Å². The number of hydrogen-bond donors (Lipinski definition) is 0. The summed E-state index contributed by atoms with van der Waals surface area (Å²) in [5, 5.41) is 10.8. The van der Waals surface area contributed by atoms with Crippen LogP contribution in [-0.2, 0) is 14.8 Å². The van der Waals surface area contributed by atoms with Crippen LogP contribution in [0, 0.1) is 11.3 Å². The van der Waals surface area contributed by atoms with Crippen molar-refractivity contribution in [1.29, 1.82) is 5.26 Å². The van der Waals surface area contributed by atoms with Crippen molar-refractivity contribution in [1.82, 2.24) is 0 Å². The second-order valence-electron chi connectivity index (χ2n) is 7.61. The molecule has 0 bridgehead atoms. The lowest BCUT2D eigenvalue weighted by atomic mass is 9.85. The molecule has 4 nitrogen and oxygen atoms in total. The molecular weight excluding hydrogens is 379 g/mol. The molecule has 1 aliphatic rings. The SMILES string of the molecule is CN1C(=O)C(C)(CP(=O)(c2ccccc2)c2ccccc2)c2cc(C#N)ccc21. The Bertz CT molecular complexity index is 1120. The monoisotopic (exact) mass is 400 g/mol. The predicted molar refractivity (Wildman–Crippen MR) is 117 cm³/mol. The molecule has 0 fully saturated rings. The minimum Gasteiger partial charge on any atom is -0.314 e. The van der Waals surface area contributed by atoms with E-state index in [4.69, 9.17) is 0 Å². The topological polar surface area (TPSA) is 61.2 Å². The van der Waals surface area contributed by atoms with Gasteiger partial charge in [-0.15, -0.1) is 0 Å². The van der Waals surface area contributed by atoms with Gasteiger partial charge in [-0.2, -0.15) is 5.26 Å². The maximum atomic E-state index is 14.6. The highest BCUT2D eigenvalue weighted by molar-refractivity contribution is 7.78. The smallest absolute Gasteiger partial charge is 0.237 e. The van der Waals surface area contributed by atoms with Gasteiger partial charge in [0.05, 0.1) is 17.0 Å². The molecule has 144 valence electrons. The van der Waals surface area contributed by atoms with Crippen molar-refractivity contribution in [2.24, 2.45) is 0 Å². The van der Waals surface area contributed by atoms with Crippen molar-refractivity contribution in [3.05, 3.63) is 90.0 Å². The molecule has 1 amide bonds. The molecule has 4 rings (SSSR count). The zero-order valence-electron chi connectivity index (χ0n) is 16.4. The molecule has 1 atom stereocenters. The zero-order chi connectivity index (χ0) is 20.6. The summed E-state index contributed by atoms with van der Waals surface area (Å²) in [7, 11) is -1.38. The predicted octanol–water partition coefficient (Wildman–Crippen LogP) is 3.81. The van der Waals surface area contributed by atoms with Gasteiger partial charge < -0.3 is 9.46 Å². The van der Waals surface area contributed by atoms with Gasteiger partial charge in [0.25, 0.3) is 0 Å². The molecule has 0 N–H and O–H groups in total. The van der Waals surface area contributed by atoms with Crippen LogP contribution in [0.25, 0.3) is 0 Å². The van der Waals surface area contributed by atoms with E-state index in [1.54, 1.807) is 30.1 Å². The zero-order valence-corrected chi connectivity index (χ0v) is 17.3. The van der Waals surface area contributed by atoms with Gasteiger partial charge in [0.2, 0.25) is 5.91 Å². The Morgan fingerprint density at radius 2 is 1.52 bits per heavy atom. The van der Waals surface area contributed by atoms with Gasteiger partial charge in [0, 0.05) is 29.5 Å². The number of anilines is 1. The highest BCUT2D eigenvalue weighted by Crippen LogP contribution is 2.53. The highest BCUT2D eigenvalue weighted by atomic mass is 31.2. The minimum absolute atomic E-state index is 0.102. The Hall–Kier alpha value is -3.15. The molecule has 0 radical (unpaired) electrons. The number of nitriles is 1. The van der Waals surface area contributed by atoms with Crippen LogP contribution < -0.4 is 15.5 Å². The van der Waals surface area contributed by atoms with Crippen LogP contribution in [0.1, 0.15) is 18.1 Å². The van der Waals surface area contributed by atoms with E-state index in [0.717, 1.165) is 21.9 Å². The number of hydrogen-bond acceptors (Lipinski definition) is 3. The third-order valence-corrected chi connectivity index (χ3v) is 9.09. The fraction of sp³-hybridized carbons (Fsp3) is 0.167. The number of amides is 1. The summed E-state index contributed by atoms with van der Waals surface area (Å²) in [4.78, 5) is 15.0. The molecule has 1 unspecified atom stereocenters. The molecule has 0 aromatic heterocycles. The van der Waals surface area contributed by atoms with Crippen molar-refractivity contribution < 1.29 is 9.36 Å². The molecule has 3 aromatic carbocycles. The van der Waals surface area contributed by atoms with Crippen molar-refractivity contribution in [3.63, 3.8) is 0 Å². The number of carbonyl (C=O) groups excluding carboxylic acids is 1. The van der Waals surface area contributed by atoms with Gasteiger partial charge in [-0.1, -0.05) is 60.7 Å². The number of fused-ring (bicyclic) bond motifs is 1. The van der Waals surface area contributed by atoms with E-state index in [2.05, 4.69) is 6.07 Å². The van der Waals surface area contributed by atoms with Crippen molar-refractivity contribution in [2.45, 2.75) is 12.3 Å². The first kappa shape index (κ1) is 19.2. The van der Waals surface area contributed by atoms with Crippen LogP contribution in [0.5, 0.6) is 0 Å². The van der Waals surface area contributed by atoms with Crippen LogP contribution in [-0.4, -0.2) is 19.1 Å². The van der Waals surface area contributed by atoms with E-state index >= 15 is 0 Å². The van der Waals surface area contributed by atoms with E-state index in [1.807, 2.05) is 67.6 Å². The fourth-order valence-corrected chi connectivity index (χ4v) is 7.37. The van der Waals surface area contributed by atoms with E-state index < -0.39 is 12.6 Å². The first-order chi connectivity index (χ1) is 13.9. The first-order valence-corrected chi connectivity index (χ1v) is 11.3. The van der Waals surface area contributed by atoms with Crippen LogP contribution in [0.15, 0.2) is 78.9 Å². The molecule has 0 aliphatic carbocycles. The number of likely N-dealkylation sites (N-methyl/N-ethyl adjacent to an activating group) is 1. The van der Waals surface area contributed by atoms with Crippen LogP contribution in [0.3, 0.4) is 0 Å². The molecular formula is C24H21N2O2P. The van der Waals surface area contributed by atoms with Gasteiger partial charge in [0.15, 0.2) is 0 Å². The maximum Gasteiger partial charge on any atom is 0.237 e. The number of rotatable bonds is 4. The second kappa shape index (κ2) is 7.03. The number of nitrogens with zero attached hydrogens (tertiary/aromatic N) is 2. The quantitative estimate of drug-likeness (QED) is 0.626. The van der Waals surface area contributed by atoms with Crippen molar-refractivity contribution in [3.8, 4) is 6.07 Å². The third-order valence-electron chi connectivity index (χ3n) is 5.74. The summed E-state index contributed by atoms with van der Waals surface area (Å²) in [5.74, 6) is -0.102. The molecule has 0 saturated carbocycles. The number of carbonyl (C=O) groups is 1. The van der Waals surface area contributed by atoms with Gasteiger partial charge >= 0.3 is 0 Å². The molecule has 1 heterocycles. The molecule has 3 aromatic rings. The Balaban J connectivity index is 1.91. The summed E-state index contributed by atoms with van der Waals surface area (Å²) in [5.41, 5.74) is 1.03. The number of benzene rings is 3. The molecule has 5 heteroatoms. The molecule has 0 spiro atoms. The largest absolute Gasteiger partial charge is 0.314 e. The standard InChI is InChI=1S/C24H21N2O2P/c1-24(21-15-18(16-25)13-14-22(21)26(2)23(24)27)17-29(28,19-9-5-3-6-10-19)20-11-7-4-8-12-20/h3-15H,17H2,1-2H3. The Kier molecular flexibility index (Phi) is 4.65. The maximum absolute atomic E-state index is 14.6. The van der Waals surface area contributed by atoms with Crippen molar-refractivity contribution >= 4 is 29.3 Å². The Morgan fingerprint density at radius 3 is 2.03 bits per heavy atom. The summed E-state index contributed by atoms with van der Waals surface area (Å²) < 4.78 is 14.6. The summed E-state index contributed by atoms with van der Waals surface area (Å²) >= 11 is 0. The summed E-state index contributed by atoms with van der Waals surface area (Å²) in [6.45, 7) is 1.84. The van der Waals surface area contributed by atoms with Crippen LogP contribution in [0.2, 0.25) is 0 Å². The molecule has 29 heavy (non-hydrogen) atoms. The Morgan fingerprint density at radius 1 is 0.966 bits per heavy atom. The lowest BCUT2D eigenvalue weighted by molar-refractivity contribution is -0.121. The average molecular weight is 400 g/mol. The van der Waals surface area contributed by atoms with Crippen molar-refractivity contribution in [2.75, 3.05) is 18.1 Å². The van der Waals surface area contributed by atoms with Gasteiger partial charge in [0.1, 0.15) is 7.14 Å². The normalized spacial score (nSPS) is 18.4. The van der Waals surface area contributed by atoms with Gasteiger partial charge in [-0.05, 0) is 30.7 Å². The minimum atomic E-state index is -3.11. The second-order valence-corrected chi connectivity index (χ2v) is 10.4. The fourth-order valence-electron chi connectivity index (χ4n) is 4.20. The average Bonchev–Trinajstić information content (AvgIpc) is 2.95. The van der Waals surface area contributed by atoms with Crippen LogP contribution >= 0.6 is 7.14 Å². The van der Waals surface area contributed by atoms with Crippen LogP contribution in [0.4, 0.5) is 5.69 Å². The van der Waals surface area contributed by atoms with Gasteiger partial charge in [-0.3, -0.25) is 4.79 Å². The van der Waals surface area contributed by atoms with E-state index in [0.29, 0.717) is 5.56 Å². The molecule has 1 aliphatic heterocycles. The molecule has 0 saturated heterocycles. The van der Waals surface area contributed by atoms with Gasteiger partial charge in [-0.25, -0.2) is 0 Å². The Labute approximate surface area is 170 Å². The highest BCUT2D eigenvalue weighted by Gasteiger charge is 2.50. The summed E-state index contributed by atoms with van der Waals surface area (Å²) in [6, 6.07) is 26.2. The van der Waals surface area contributed by atoms with E-state index in [-0.39, 0.29) is 12.1 Å². The first-order valence-electron chi connectivity index (χ1n) is 9.43. The lowest BCUT2D eigenvalue weighted by Gasteiger charge is -2.30.